The largest absolute Gasteiger partial charge is 0.240 e. The SMILES string of the molecule is N#CCCCCNS(=O)(=O)c1ccc(Br)cc1. The van der Waals surface area contributed by atoms with Gasteiger partial charge in [0.1, 0.15) is 0 Å². The van der Waals surface area contributed by atoms with Crippen LogP contribution in [0.15, 0.2) is 33.6 Å². The van der Waals surface area contributed by atoms with E-state index in [4.69, 9.17) is 5.26 Å². The van der Waals surface area contributed by atoms with Crippen molar-refractivity contribution in [3.8, 4) is 6.07 Å². The van der Waals surface area contributed by atoms with Gasteiger partial charge < -0.3 is 0 Å². The maximum Gasteiger partial charge on any atom is 0.240 e. The molecule has 0 saturated carbocycles. The molecule has 1 aromatic rings. The zero-order valence-corrected chi connectivity index (χ0v) is 11.6. The van der Waals surface area contributed by atoms with E-state index in [2.05, 4.69) is 20.7 Å². The first-order valence-electron chi connectivity index (χ1n) is 5.18. The van der Waals surface area contributed by atoms with Gasteiger partial charge in [-0.1, -0.05) is 15.9 Å². The van der Waals surface area contributed by atoms with E-state index in [0.29, 0.717) is 25.8 Å². The molecule has 0 amide bonds. The van der Waals surface area contributed by atoms with Crippen LogP contribution in [-0.4, -0.2) is 15.0 Å². The van der Waals surface area contributed by atoms with Crippen molar-refractivity contribution in [2.24, 2.45) is 0 Å². The summed E-state index contributed by atoms with van der Waals surface area (Å²) in [5.74, 6) is 0. The van der Waals surface area contributed by atoms with Crippen LogP contribution in [0.3, 0.4) is 0 Å². The highest BCUT2D eigenvalue weighted by atomic mass is 79.9. The lowest BCUT2D eigenvalue weighted by atomic mass is 10.2. The van der Waals surface area contributed by atoms with Crippen LogP contribution in [0.1, 0.15) is 19.3 Å². The summed E-state index contributed by atoms with van der Waals surface area (Å²) in [5.41, 5.74) is 0. The molecule has 0 fully saturated rings. The molecule has 0 bridgehead atoms. The van der Waals surface area contributed by atoms with Gasteiger partial charge in [0.05, 0.1) is 11.0 Å². The third-order valence-corrected chi connectivity index (χ3v) is 4.14. The fraction of sp³-hybridized carbons (Fsp3) is 0.364. The van der Waals surface area contributed by atoms with Crippen LogP contribution in [-0.2, 0) is 10.0 Å². The predicted octanol–water partition coefficient (Wildman–Crippen LogP) is 2.42. The van der Waals surface area contributed by atoms with Gasteiger partial charge in [-0.05, 0) is 37.1 Å². The van der Waals surface area contributed by atoms with Crippen molar-refractivity contribution in [1.29, 1.82) is 5.26 Å². The first kappa shape index (κ1) is 14.2. The summed E-state index contributed by atoms with van der Waals surface area (Å²) in [6, 6.07) is 8.48. The van der Waals surface area contributed by atoms with Crippen molar-refractivity contribution < 1.29 is 8.42 Å². The Labute approximate surface area is 110 Å². The lowest BCUT2D eigenvalue weighted by Crippen LogP contribution is -2.24. The first-order valence-corrected chi connectivity index (χ1v) is 7.46. The number of sulfonamides is 1. The second kappa shape index (κ2) is 6.74. The summed E-state index contributed by atoms with van der Waals surface area (Å²) in [6.45, 7) is 0.361. The van der Waals surface area contributed by atoms with Crippen LogP contribution in [0, 0.1) is 11.3 Å². The fourth-order valence-electron chi connectivity index (χ4n) is 1.23. The summed E-state index contributed by atoms with van der Waals surface area (Å²) in [5, 5.41) is 8.34. The molecule has 0 aliphatic rings. The van der Waals surface area contributed by atoms with E-state index in [9.17, 15) is 8.42 Å². The molecule has 6 heteroatoms. The van der Waals surface area contributed by atoms with Gasteiger partial charge in [0, 0.05) is 17.4 Å². The molecular formula is C11H13BrN2O2S. The molecule has 17 heavy (non-hydrogen) atoms. The van der Waals surface area contributed by atoms with Gasteiger partial charge in [0.2, 0.25) is 10.0 Å². The van der Waals surface area contributed by atoms with E-state index in [1.165, 1.54) is 0 Å². The Hall–Kier alpha value is -0.900. The van der Waals surface area contributed by atoms with Crippen molar-refractivity contribution >= 4 is 26.0 Å². The lowest BCUT2D eigenvalue weighted by molar-refractivity contribution is 0.577. The van der Waals surface area contributed by atoms with E-state index in [1.54, 1.807) is 24.3 Å². The van der Waals surface area contributed by atoms with Gasteiger partial charge >= 0.3 is 0 Å². The number of hydrogen-bond donors (Lipinski definition) is 1. The number of halogens is 1. The summed E-state index contributed by atoms with van der Waals surface area (Å²) in [6.07, 6.45) is 1.84. The Balaban J connectivity index is 2.52. The molecule has 1 rings (SSSR count). The number of nitriles is 1. The topological polar surface area (TPSA) is 70.0 Å². The summed E-state index contributed by atoms with van der Waals surface area (Å²) >= 11 is 3.25. The summed E-state index contributed by atoms with van der Waals surface area (Å²) < 4.78 is 26.9. The second-order valence-electron chi connectivity index (χ2n) is 3.47. The summed E-state index contributed by atoms with van der Waals surface area (Å²) in [4.78, 5) is 0.251. The standard InChI is InChI=1S/C11H13BrN2O2S/c12-10-4-6-11(7-5-10)17(15,16)14-9-3-1-2-8-13/h4-7,14H,1-3,9H2. The molecular weight excluding hydrogens is 304 g/mol. The third-order valence-electron chi connectivity index (χ3n) is 2.13. The zero-order valence-electron chi connectivity index (χ0n) is 9.19. The van der Waals surface area contributed by atoms with Gasteiger partial charge in [-0.25, -0.2) is 13.1 Å². The van der Waals surface area contributed by atoms with Crippen LogP contribution in [0.2, 0.25) is 0 Å². The highest BCUT2D eigenvalue weighted by Crippen LogP contribution is 2.14. The lowest BCUT2D eigenvalue weighted by Gasteiger charge is -2.06. The minimum absolute atomic E-state index is 0.251. The smallest absolute Gasteiger partial charge is 0.211 e. The molecule has 1 aromatic carbocycles. The number of rotatable bonds is 6. The number of nitrogens with zero attached hydrogens (tertiary/aromatic N) is 1. The minimum Gasteiger partial charge on any atom is -0.211 e. The summed E-state index contributed by atoms with van der Waals surface area (Å²) in [7, 11) is -3.42. The van der Waals surface area contributed by atoms with Gasteiger partial charge in [-0.15, -0.1) is 0 Å². The van der Waals surface area contributed by atoms with Crippen molar-refractivity contribution in [3.05, 3.63) is 28.7 Å². The second-order valence-corrected chi connectivity index (χ2v) is 6.15. The van der Waals surface area contributed by atoms with E-state index >= 15 is 0 Å². The van der Waals surface area contributed by atoms with E-state index in [-0.39, 0.29) is 4.90 Å². The molecule has 0 unspecified atom stereocenters. The van der Waals surface area contributed by atoms with E-state index in [1.807, 2.05) is 6.07 Å². The Morgan fingerprint density at radius 1 is 1.24 bits per heavy atom. The quantitative estimate of drug-likeness (QED) is 0.819. The molecule has 4 nitrogen and oxygen atoms in total. The highest BCUT2D eigenvalue weighted by Gasteiger charge is 2.12. The van der Waals surface area contributed by atoms with Crippen molar-refractivity contribution in [2.45, 2.75) is 24.2 Å². The fourth-order valence-corrected chi connectivity index (χ4v) is 2.57. The molecule has 92 valence electrons. The molecule has 1 N–H and O–H groups in total. The Morgan fingerprint density at radius 3 is 2.47 bits per heavy atom. The monoisotopic (exact) mass is 316 g/mol. The Bertz CT molecular complexity index is 491. The Morgan fingerprint density at radius 2 is 1.88 bits per heavy atom. The van der Waals surface area contributed by atoms with Gasteiger partial charge in [-0.2, -0.15) is 5.26 Å². The van der Waals surface area contributed by atoms with E-state index in [0.717, 1.165) is 4.47 Å². The predicted molar refractivity (Wildman–Crippen MR) is 68.8 cm³/mol. The van der Waals surface area contributed by atoms with Crippen LogP contribution in [0.25, 0.3) is 0 Å². The molecule has 0 radical (unpaired) electrons. The van der Waals surface area contributed by atoms with Gasteiger partial charge in [0.15, 0.2) is 0 Å². The number of hydrogen-bond acceptors (Lipinski definition) is 3. The maximum absolute atomic E-state index is 11.8. The highest BCUT2D eigenvalue weighted by molar-refractivity contribution is 9.10. The Kier molecular flexibility index (Phi) is 5.62. The average molecular weight is 317 g/mol. The van der Waals surface area contributed by atoms with Gasteiger partial charge in [0.25, 0.3) is 0 Å². The maximum atomic E-state index is 11.8. The van der Waals surface area contributed by atoms with Crippen LogP contribution in [0.4, 0.5) is 0 Å². The van der Waals surface area contributed by atoms with Crippen LogP contribution >= 0.6 is 15.9 Å². The van der Waals surface area contributed by atoms with Crippen molar-refractivity contribution in [1.82, 2.24) is 4.72 Å². The number of benzene rings is 1. The average Bonchev–Trinajstić information content (AvgIpc) is 2.29. The molecule has 0 heterocycles. The van der Waals surface area contributed by atoms with Crippen LogP contribution < -0.4 is 4.72 Å². The van der Waals surface area contributed by atoms with Gasteiger partial charge in [-0.3, -0.25) is 0 Å². The van der Waals surface area contributed by atoms with Crippen molar-refractivity contribution in [3.63, 3.8) is 0 Å². The molecule has 0 atom stereocenters. The minimum atomic E-state index is -3.42. The number of unbranched alkanes of at least 4 members (excludes halogenated alkanes) is 2. The normalized spacial score (nSPS) is 11.1. The molecule has 0 saturated heterocycles. The molecule has 0 aliphatic heterocycles. The van der Waals surface area contributed by atoms with E-state index < -0.39 is 10.0 Å². The third kappa shape index (κ3) is 4.86. The van der Waals surface area contributed by atoms with Crippen LogP contribution in [0.5, 0.6) is 0 Å². The molecule has 0 aromatic heterocycles. The molecule has 0 aliphatic carbocycles. The number of nitrogens with one attached hydrogen (secondary N) is 1. The zero-order chi connectivity index (χ0) is 12.7. The molecule has 0 spiro atoms. The first-order chi connectivity index (χ1) is 8.06. The van der Waals surface area contributed by atoms with Crippen molar-refractivity contribution in [2.75, 3.05) is 6.54 Å².